The van der Waals surface area contributed by atoms with Crippen molar-refractivity contribution in [3.05, 3.63) is 89.7 Å². The van der Waals surface area contributed by atoms with Crippen LogP contribution in [0.15, 0.2) is 73.1 Å². The van der Waals surface area contributed by atoms with E-state index in [0.717, 1.165) is 38.3 Å². The number of pyridine rings is 1. The monoisotopic (exact) mass is 431 g/mol. The highest BCUT2D eigenvalue weighted by Gasteiger charge is 2.23. The third-order valence-electron chi connectivity index (χ3n) is 5.52. The summed E-state index contributed by atoms with van der Waals surface area (Å²) in [4.78, 5) is 21.5. The SMILES string of the molecule is CCOc1cc(C(=O)N2CCN(Cc3ccccc3)CC2)ccc1OCc1cccnc1. The van der Waals surface area contributed by atoms with Gasteiger partial charge in [-0.05, 0) is 36.8 Å². The van der Waals surface area contributed by atoms with Crippen molar-refractivity contribution in [2.75, 3.05) is 32.8 Å². The van der Waals surface area contributed by atoms with Crippen LogP contribution in [0.4, 0.5) is 0 Å². The summed E-state index contributed by atoms with van der Waals surface area (Å²) >= 11 is 0. The lowest BCUT2D eigenvalue weighted by Gasteiger charge is -2.34. The van der Waals surface area contributed by atoms with Crippen molar-refractivity contribution >= 4 is 5.91 Å². The summed E-state index contributed by atoms with van der Waals surface area (Å²) in [5.74, 6) is 1.24. The number of hydrogen-bond donors (Lipinski definition) is 0. The Morgan fingerprint density at radius 2 is 1.69 bits per heavy atom. The Bertz CT molecular complexity index is 1000. The van der Waals surface area contributed by atoms with Gasteiger partial charge in [0, 0.05) is 56.2 Å². The number of carbonyl (C=O) groups excluding carboxylic acids is 1. The van der Waals surface area contributed by atoms with E-state index >= 15 is 0 Å². The fraction of sp³-hybridized carbons (Fsp3) is 0.308. The normalized spacial score (nSPS) is 14.2. The Labute approximate surface area is 189 Å². The van der Waals surface area contributed by atoms with Crippen LogP contribution in [-0.2, 0) is 13.2 Å². The van der Waals surface area contributed by atoms with Gasteiger partial charge in [-0.25, -0.2) is 0 Å². The molecule has 1 saturated heterocycles. The molecule has 3 aromatic rings. The van der Waals surface area contributed by atoms with E-state index in [0.29, 0.717) is 30.3 Å². The molecule has 0 unspecified atom stereocenters. The molecule has 1 aliphatic rings. The lowest BCUT2D eigenvalue weighted by atomic mass is 10.1. The molecular weight excluding hydrogens is 402 g/mol. The molecule has 6 heteroatoms. The Morgan fingerprint density at radius 1 is 0.906 bits per heavy atom. The second kappa shape index (κ2) is 10.8. The first-order valence-electron chi connectivity index (χ1n) is 11.1. The highest BCUT2D eigenvalue weighted by atomic mass is 16.5. The largest absolute Gasteiger partial charge is 0.490 e. The molecule has 0 saturated carbocycles. The van der Waals surface area contributed by atoms with Crippen LogP contribution in [0, 0.1) is 0 Å². The fourth-order valence-corrected chi connectivity index (χ4v) is 3.81. The van der Waals surface area contributed by atoms with E-state index in [2.05, 4.69) is 34.1 Å². The van der Waals surface area contributed by atoms with E-state index < -0.39 is 0 Å². The highest BCUT2D eigenvalue weighted by Crippen LogP contribution is 2.30. The number of aromatic nitrogens is 1. The Kier molecular flexibility index (Phi) is 7.35. The minimum absolute atomic E-state index is 0.0316. The number of carbonyl (C=O) groups is 1. The average Bonchev–Trinajstić information content (AvgIpc) is 2.85. The van der Waals surface area contributed by atoms with Gasteiger partial charge in [0.05, 0.1) is 6.61 Å². The molecule has 1 amide bonds. The molecule has 1 fully saturated rings. The first kappa shape index (κ1) is 21.8. The molecule has 0 bridgehead atoms. The first-order chi connectivity index (χ1) is 15.7. The zero-order valence-electron chi connectivity index (χ0n) is 18.4. The summed E-state index contributed by atoms with van der Waals surface area (Å²) in [6, 6.07) is 19.7. The van der Waals surface area contributed by atoms with E-state index in [1.165, 1.54) is 5.56 Å². The molecule has 0 aliphatic carbocycles. The third-order valence-corrected chi connectivity index (χ3v) is 5.52. The molecule has 32 heavy (non-hydrogen) atoms. The van der Waals surface area contributed by atoms with Crippen LogP contribution in [0.2, 0.25) is 0 Å². The van der Waals surface area contributed by atoms with E-state index in [9.17, 15) is 4.79 Å². The number of benzene rings is 2. The van der Waals surface area contributed by atoms with Crippen molar-refractivity contribution in [3.8, 4) is 11.5 Å². The smallest absolute Gasteiger partial charge is 0.254 e. The molecule has 1 aromatic heterocycles. The maximum Gasteiger partial charge on any atom is 0.254 e. The van der Waals surface area contributed by atoms with Crippen LogP contribution in [0.5, 0.6) is 11.5 Å². The lowest BCUT2D eigenvalue weighted by Crippen LogP contribution is -2.48. The second-order valence-electron chi connectivity index (χ2n) is 7.80. The Balaban J connectivity index is 1.37. The zero-order chi connectivity index (χ0) is 22.2. The molecule has 0 N–H and O–H groups in total. The van der Waals surface area contributed by atoms with Gasteiger partial charge in [-0.2, -0.15) is 0 Å². The van der Waals surface area contributed by atoms with Crippen molar-refractivity contribution in [2.45, 2.75) is 20.1 Å². The van der Waals surface area contributed by atoms with Crippen LogP contribution in [-0.4, -0.2) is 53.5 Å². The highest BCUT2D eigenvalue weighted by molar-refractivity contribution is 5.95. The number of nitrogens with zero attached hydrogens (tertiary/aromatic N) is 3. The third kappa shape index (κ3) is 5.65. The summed E-state index contributed by atoms with van der Waals surface area (Å²) in [7, 11) is 0. The molecule has 2 aromatic carbocycles. The molecule has 1 aliphatic heterocycles. The first-order valence-corrected chi connectivity index (χ1v) is 11.1. The lowest BCUT2D eigenvalue weighted by molar-refractivity contribution is 0.0628. The summed E-state index contributed by atoms with van der Waals surface area (Å²) in [5, 5.41) is 0. The second-order valence-corrected chi connectivity index (χ2v) is 7.80. The molecule has 0 spiro atoms. The Hall–Kier alpha value is -3.38. The maximum atomic E-state index is 13.1. The number of hydrogen-bond acceptors (Lipinski definition) is 5. The molecule has 2 heterocycles. The van der Waals surface area contributed by atoms with Crippen molar-refractivity contribution in [1.29, 1.82) is 0 Å². The number of rotatable bonds is 8. The standard InChI is InChI=1S/C26H29N3O3/c1-2-31-25-17-23(10-11-24(25)32-20-22-9-6-12-27-18-22)26(30)29-15-13-28(14-16-29)19-21-7-4-3-5-8-21/h3-12,17-18H,2,13-16,19-20H2,1H3. The van der Waals surface area contributed by atoms with Gasteiger partial charge < -0.3 is 14.4 Å². The van der Waals surface area contributed by atoms with Crippen molar-refractivity contribution in [3.63, 3.8) is 0 Å². The molecule has 0 radical (unpaired) electrons. The maximum absolute atomic E-state index is 13.1. The Morgan fingerprint density at radius 3 is 2.41 bits per heavy atom. The van der Waals surface area contributed by atoms with Crippen molar-refractivity contribution < 1.29 is 14.3 Å². The van der Waals surface area contributed by atoms with Crippen LogP contribution >= 0.6 is 0 Å². The van der Waals surface area contributed by atoms with E-state index in [4.69, 9.17) is 9.47 Å². The minimum atomic E-state index is 0.0316. The fourth-order valence-electron chi connectivity index (χ4n) is 3.81. The number of piperazine rings is 1. The molecule has 0 atom stereocenters. The molecule has 166 valence electrons. The number of ether oxygens (including phenoxy) is 2. The van der Waals surface area contributed by atoms with E-state index in [1.54, 1.807) is 18.5 Å². The van der Waals surface area contributed by atoms with Crippen molar-refractivity contribution in [1.82, 2.24) is 14.8 Å². The van der Waals surface area contributed by atoms with Gasteiger partial charge in [0.15, 0.2) is 11.5 Å². The predicted octanol–water partition coefficient (Wildman–Crippen LogP) is 4.02. The van der Waals surface area contributed by atoms with Gasteiger partial charge in [0.2, 0.25) is 0 Å². The summed E-state index contributed by atoms with van der Waals surface area (Å²) in [5.41, 5.74) is 2.90. The van der Waals surface area contributed by atoms with Gasteiger partial charge in [-0.15, -0.1) is 0 Å². The topological polar surface area (TPSA) is 54.9 Å². The molecular formula is C26H29N3O3. The molecule has 4 rings (SSSR count). The average molecular weight is 432 g/mol. The van der Waals surface area contributed by atoms with Gasteiger partial charge in [-0.3, -0.25) is 14.7 Å². The van der Waals surface area contributed by atoms with Gasteiger partial charge in [-0.1, -0.05) is 36.4 Å². The van der Waals surface area contributed by atoms with Crippen molar-refractivity contribution in [2.24, 2.45) is 0 Å². The van der Waals surface area contributed by atoms with E-state index in [1.807, 2.05) is 42.2 Å². The van der Waals surface area contributed by atoms with Gasteiger partial charge in [0.1, 0.15) is 6.61 Å². The minimum Gasteiger partial charge on any atom is -0.490 e. The zero-order valence-corrected chi connectivity index (χ0v) is 18.4. The summed E-state index contributed by atoms with van der Waals surface area (Å²) < 4.78 is 11.7. The summed E-state index contributed by atoms with van der Waals surface area (Å²) in [6.07, 6.45) is 3.51. The van der Waals surface area contributed by atoms with Crippen LogP contribution < -0.4 is 9.47 Å². The van der Waals surface area contributed by atoms with Crippen LogP contribution in [0.1, 0.15) is 28.4 Å². The molecule has 6 nitrogen and oxygen atoms in total. The van der Waals surface area contributed by atoms with Crippen LogP contribution in [0.3, 0.4) is 0 Å². The predicted molar refractivity (Wildman–Crippen MR) is 124 cm³/mol. The quantitative estimate of drug-likeness (QED) is 0.539. The van der Waals surface area contributed by atoms with E-state index in [-0.39, 0.29) is 5.91 Å². The number of amides is 1. The van der Waals surface area contributed by atoms with Gasteiger partial charge >= 0.3 is 0 Å². The van der Waals surface area contributed by atoms with Gasteiger partial charge in [0.25, 0.3) is 5.91 Å². The summed E-state index contributed by atoms with van der Waals surface area (Å²) in [6.45, 7) is 6.90. The van der Waals surface area contributed by atoms with Crippen LogP contribution in [0.25, 0.3) is 0 Å².